The maximum absolute atomic E-state index is 11.9. The average Bonchev–Trinajstić information content (AvgIpc) is 2.79. The number of carbonyl (C=O) groups is 1. The van der Waals surface area contributed by atoms with E-state index in [0.29, 0.717) is 18.1 Å². The lowest BCUT2D eigenvalue weighted by atomic mass is 10.2. The number of carbonyl (C=O) groups excluding carboxylic acids is 1. The highest BCUT2D eigenvalue weighted by Crippen LogP contribution is 2.18. The summed E-state index contributed by atoms with van der Waals surface area (Å²) < 4.78 is 10.9. The van der Waals surface area contributed by atoms with Gasteiger partial charge in [-0.05, 0) is 20.8 Å². The predicted octanol–water partition coefficient (Wildman–Crippen LogP) is 2.52. The van der Waals surface area contributed by atoms with Gasteiger partial charge in [-0.25, -0.2) is 14.8 Å². The topological polar surface area (TPSA) is 64.5 Å². The first-order chi connectivity index (χ1) is 9.33. The maximum Gasteiger partial charge on any atom is 0.410 e. The summed E-state index contributed by atoms with van der Waals surface area (Å²) in [4.78, 5) is 21.5. The third-order valence-electron chi connectivity index (χ3n) is 2.67. The summed E-state index contributed by atoms with van der Waals surface area (Å²) in [6, 6.07) is 0.269. The number of halogens is 1. The second-order valence-electron chi connectivity index (χ2n) is 5.64. The van der Waals surface area contributed by atoms with E-state index in [1.165, 1.54) is 12.4 Å². The monoisotopic (exact) mass is 299 g/mol. The van der Waals surface area contributed by atoms with Crippen LogP contribution in [0.25, 0.3) is 0 Å². The fourth-order valence-corrected chi connectivity index (χ4v) is 1.92. The normalized spacial score (nSPS) is 19.0. The van der Waals surface area contributed by atoms with E-state index in [4.69, 9.17) is 21.1 Å². The molecular weight excluding hydrogens is 282 g/mol. The fraction of sp³-hybridized carbons (Fsp3) is 0.615. The van der Waals surface area contributed by atoms with E-state index < -0.39 is 5.60 Å². The van der Waals surface area contributed by atoms with Gasteiger partial charge in [0.15, 0.2) is 0 Å². The molecule has 6 nitrogen and oxygen atoms in total. The summed E-state index contributed by atoms with van der Waals surface area (Å²) in [6.45, 7) is 6.61. The van der Waals surface area contributed by atoms with Crippen LogP contribution in [0.5, 0.6) is 6.01 Å². The Labute approximate surface area is 123 Å². The van der Waals surface area contributed by atoms with Gasteiger partial charge in [0.1, 0.15) is 11.7 Å². The molecule has 1 amide bonds. The summed E-state index contributed by atoms with van der Waals surface area (Å²) >= 11 is 5.70. The van der Waals surface area contributed by atoms with Gasteiger partial charge in [-0.3, -0.25) is 0 Å². The molecule has 1 aliphatic rings. The van der Waals surface area contributed by atoms with Gasteiger partial charge in [0.2, 0.25) is 0 Å². The number of ether oxygens (including phenoxy) is 2. The SMILES string of the molecule is CC(C)(C)OC(=O)N1CC[C@@H](Oc2ncc(Cl)cn2)C1. The lowest BCUT2D eigenvalue weighted by Gasteiger charge is -2.24. The van der Waals surface area contributed by atoms with Crippen LogP contribution in [0.3, 0.4) is 0 Å². The fourth-order valence-electron chi connectivity index (χ4n) is 1.83. The molecule has 2 rings (SSSR count). The van der Waals surface area contributed by atoms with Crippen molar-refractivity contribution in [1.29, 1.82) is 0 Å². The van der Waals surface area contributed by atoms with E-state index >= 15 is 0 Å². The van der Waals surface area contributed by atoms with Crippen molar-refractivity contribution in [1.82, 2.24) is 14.9 Å². The molecule has 1 aromatic rings. The molecule has 1 saturated heterocycles. The zero-order valence-corrected chi connectivity index (χ0v) is 12.6. The highest BCUT2D eigenvalue weighted by Gasteiger charge is 2.31. The first-order valence-corrected chi connectivity index (χ1v) is 6.83. The van der Waals surface area contributed by atoms with Crippen LogP contribution in [0, 0.1) is 0 Å². The molecule has 0 spiro atoms. The molecule has 0 radical (unpaired) electrons. The minimum absolute atomic E-state index is 0.122. The number of hydrogen-bond donors (Lipinski definition) is 0. The van der Waals surface area contributed by atoms with Gasteiger partial charge in [-0.2, -0.15) is 0 Å². The van der Waals surface area contributed by atoms with Gasteiger partial charge in [0.05, 0.1) is 24.0 Å². The number of likely N-dealkylation sites (tertiary alicyclic amines) is 1. The Bertz CT molecular complexity index is 473. The second kappa shape index (κ2) is 5.83. The van der Waals surface area contributed by atoms with Gasteiger partial charge >= 0.3 is 12.1 Å². The molecule has 0 N–H and O–H groups in total. The van der Waals surface area contributed by atoms with Crippen molar-refractivity contribution in [3.8, 4) is 6.01 Å². The molecule has 0 aromatic carbocycles. The minimum atomic E-state index is -0.491. The first-order valence-electron chi connectivity index (χ1n) is 6.45. The summed E-state index contributed by atoms with van der Waals surface area (Å²) in [5, 5.41) is 0.458. The van der Waals surface area contributed by atoms with Gasteiger partial charge in [-0.15, -0.1) is 0 Å². The standard InChI is InChI=1S/C13H18ClN3O3/c1-13(2,3)20-12(18)17-5-4-10(8-17)19-11-15-6-9(14)7-16-11/h6-7,10H,4-5,8H2,1-3H3/t10-/m1/s1. The van der Waals surface area contributed by atoms with E-state index in [9.17, 15) is 4.79 Å². The van der Waals surface area contributed by atoms with Crippen molar-refractivity contribution < 1.29 is 14.3 Å². The third kappa shape index (κ3) is 4.23. The molecular formula is C13H18ClN3O3. The zero-order chi connectivity index (χ0) is 14.8. The molecule has 0 aliphatic carbocycles. The van der Waals surface area contributed by atoms with Crippen LogP contribution in [0.2, 0.25) is 5.02 Å². The molecule has 1 aromatic heterocycles. The van der Waals surface area contributed by atoms with Crippen molar-refractivity contribution in [3.05, 3.63) is 17.4 Å². The van der Waals surface area contributed by atoms with Crippen molar-refractivity contribution in [2.24, 2.45) is 0 Å². The molecule has 0 unspecified atom stereocenters. The summed E-state index contributed by atoms with van der Waals surface area (Å²) in [5.74, 6) is 0. The molecule has 0 bridgehead atoms. The van der Waals surface area contributed by atoms with Crippen LogP contribution in [-0.2, 0) is 4.74 Å². The van der Waals surface area contributed by atoms with E-state index in [2.05, 4.69) is 9.97 Å². The van der Waals surface area contributed by atoms with Gasteiger partial charge in [-0.1, -0.05) is 11.6 Å². The van der Waals surface area contributed by atoms with E-state index in [1.54, 1.807) is 4.90 Å². The van der Waals surface area contributed by atoms with Crippen LogP contribution in [0.4, 0.5) is 4.79 Å². The summed E-state index contributed by atoms with van der Waals surface area (Å²) in [6.07, 6.45) is 3.24. The van der Waals surface area contributed by atoms with Crippen LogP contribution in [-0.4, -0.2) is 45.8 Å². The Balaban J connectivity index is 1.86. The summed E-state index contributed by atoms with van der Waals surface area (Å²) in [5.41, 5.74) is -0.491. The van der Waals surface area contributed by atoms with Gasteiger partial charge < -0.3 is 14.4 Å². The average molecular weight is 300 g/mol. The highest BCUT2D eigenvalue weighted by molar-refractivity contribution is 6.30. The Morgan fingerprint density at radius 3 is 2.65 bits per heavy atom. The number of nitrogens with zero attached hydrogens (tertiary/aromatic N) is 3. The maximum atomic E-state index is 11.9. The zero-order valence-electron chi connectivity index (χ0n) is 11.8. The predicted molar refractivity (Wildman–Crippen MR) is 73.9 cm³/mol. The number of aromatic nitrogens is 2. The third-order valence-corrected chi connectivity index (χ3v) is 2.86. The lowest BCUT2D eigenvalue weighted by Crippen LogP contribution is -2.36. The van der Waals surface area contributed by atoms with Crippen LogP contribution < -0.4 is 4.74 Å². The van der Waals surface area contributed by atoms with Crippen molar-refractivity contribution in [3.63, 3.8) is 0 Å². The van der Waals surface area contributed by atoms with E-state index in [0.717, 1.165) is 6.42 Å². The van der Waals surface area contributed by atoms with Gasteiger partial charge in [0, 0.05) is 13.0 Å². The molecule has 1 atom stereocenters. The van der Waals surface area contributed by atoms with Crippen molar-refractivity contribution in [2.45, 2.75) is 38.9 Å². The molecule has 0 saturated carbocycles. The van der Waals surface area contributed by atoms with Crippen LogP contribution >= 0.6 is 11.6 Å². The second-order valence-corrected chi connectivity index (χ2v) is 6.08. The van der Waals surface area contributed by atoms with Crippen LogP contribution in [0.15, 0.2) is 12.4 Å². The minimum Gasteiger partial charge on any atom is -0.458 e. The lowest BCUT2D eigenvalue weighted by molar-refractivity contribution is 0.0274. The molecule has 7 heteroatoms. The van der Waals surface area contributed by atoms with Crippen molar-refractivity contribution in [2.75, 3.05) is 13.1 Å². The Kier molecular flexibility index (Phi) is 4.32. The number of hydrogen-bond acceptors (Lipinski definition) is 5. The number of rotatable bonds is 2. The highest BCUT2D eigenvalue weighted by atomic mass is 35.5. The Morgan fingerprint density at radius 2 is 2.05 bits per heavy atom. The first kappa shape index (κ1) is 14.8. The number of amides is 1. The molecule has 1 fully saturated rings. The smallest absolute Gasteiger partial charge is 0.410 e. The quantitative estimate of drug-likeness (QED) is 0.839. The van der Waals surface area contributed by atoms with Crippen LogP contribution in [0.1, 0.15) is 27.2 Å². The largest absolute Gasteiger partial charge is 0.458 e. The molecule has 110 valence electrons. The van der Waals surface area contributed by atoms with E-state index in [1.807, 2.05) is 20.8 Å². The molecule has 1 aliphatic heterocycles. The Morgan fingerprint density at radius 1 is 1.40 bits per heavy atom. The Hall–Kier alpha value is -1.56. The van der Waals surface area contributed by atoms with E-state index in [-0.39, 0.29) is 18.2 Å². The summed E-state index contributed by atoms with van der Waals surface area (Å²) in [7, 11) is 0. The van der Waals surface area contributed by atoms with Crippen molar-refractivity contribution >= 4 is 17.7 Å². The molecule has 20 heavy (non-hydrogen) atoms. The molecule has 2 heterocycles. The van der Waals surface area contributed by atoms with Gasteiger partial charge in [0.25, 0.3) is 0 Å².